The van der Waals surface area contributed by atoms with Gasteiger partial charge in [0.2, 0.25) is 10.0 Å². The molecule has 1 aliphatic rings. The van der Waals surface area contributed by atoms with Gasteiger partial charge in [-0.15, -0.1) is 0 Å². The van der Waals surface area contributed by atoms with Gasteiger partial charge in [0.15, 0.2) is 0 Å². The molecule has 0 spiro atoms. The van der Waals surface area contributed by atoms with Gasteiger partial charge in [-0.3, -0.25) is 4.79 Å². The van der Waals surface area contributed by atoms with E-state index in [1.54, 1.807) is 37.3 Å². The first-order valence-electron chi connectivity index (χ1n) is 6.71. The molecular weight excluding hydrogens is 278 g/mol. The molecular formula is C14H19NO4S. The Hall–Kier alpha value is -1.40. The minimum atomic E-state index is -3.61. The third-order valence-electron chi connectivity index (χ3n) is 4.05. The van der Waals surface area contributed by atoms with E-state index in [0.717, 1.165) is 0 Å². The lowest BCUT2D eigenvalue weighted by Crippen LogP contribution is -2.49. The van der Waals surface area contributed by atoms with Gasteiger partial charge in [0, 0.05) is 13.1 Å². The minimum absolute atomic E-state index is 0.0516. The van der Waals surface area contributed by atoms with Gasteiger partial charge in [0.1, 0.15) is 0 Å². The van der Waals surface area contributed by atoms with Crippen LogP contribution in [0.3, 0.4) is 0 Å². The summed E-state index contributed by atoms with van der Waals surface area (Å²) in [6, 6.07) is 8.17. The molecule has 1 aromatic rings. The largest absolute Gasteiger partial charge is 0.481 e. The van der Waals surface area contributed by atoms with Gasteiger partial charge in [0.25, 0.3) is 0 Å². The predicted octanol–water partition coefficient (Wildman–Crippen LogP) is 1.95. The maximum absolute atomic E-state index is 12.5. The van der Waals surface area contributed by atoms with Gasteiger partial charge < -0.3 is 5.11 Å². The number of carboxylic acids is 1. The Morgan fingerprint density at radius 1 is 1.35 bits per heavy atom. The first-order valence-corrected chi connectivity index (χ1v) is 8.15. The first-order chi connectivity index (χ1) is 9.42. The van der Waals surface area contributed by atoms with E-state index in [4.69, 9.17) is 0 Å². The summed E-state index contributed by atoms with van der Waals surface area (Å²) in [4.78, 5) is 11.7. The van der Waals surface area contributed by atoms with Crippen LogP contribution in [0.25, 0.3) is 0 Å². The van der Waals surface area contributed by atoms with Crippen molar-refractivity contribution in [1.29, 1.82) is 0 Å². The quantitative estimate of drug-likeness (QED) is 0.921. The molecule has 5 nitrogen and oxygen atoms in total. The van der Waals surface area contributed by atoms with Crippen LogP contribution in [0, 0.1) is 5.41 Å². The molecule has 1 unspecified atom stereocenters. The van der Waals surface area contributed by atoms with E-state index in [9.17, 15) is 18.3 Å². The summed E-state index contributed by atoms with van der Waals surface area (Å²) < 4.78 is 26.4. The molecule has 1 fully saturated rings. The van der Waals surface area contributed by atoms with Crippen molar-refractivity contribution in [3.05, 3.63) is 30.3 Å². The molecule has 1 saturated heterocycles. The highest BCUT2D eigenvalue weighted by Gasteiger charge is 2.44. The standard InChI is InChI=1S/C14H19NO4S/c1-2-14(13(16)17)9-6-10-15(11-14)20(18,19)12-7-4-3-5-8-12/h3-5,7-8H,2,6,9-11H2,1H3,(H,16,17). The van der Waals surface area contributed by atoms with Crippen molar-refractivity contribution in [3.63, 3.8) is 0 Å². The minimum Gasteiger partial charge on any atom is -0.481 e. The second kappa shape index (κ2) is 5.54. The van der Waals surface area contributed by atoms with Crippen LogP contribution in [0.2, 0.25) is 0 Å². The maximum Gasteiger partial charge on any atom is 0.310 e. The molecule has 6 heteroatoms. The molecule has 1 atom stereocenters. The van der Waals surface area contributed by atoms with E-state index < -0.39 is 21.4 Å². The molecule has 1 N–H and O–H groups in total. The van der Waals surface area contributed by atoms with E-state index in [1.165, 1.54) is 4.31 Å². The average molecular weight is 297 g/mol. The lowest BCUT2D eigenvalue weighted by atomic mass is 9.78. The van der Waals surface area contributed by atoms with E-state index in [2.05, 4.69) is 0 Å². The average Bonchev–Trinajstić information content (AvgIpc) is 2.48. The Kier molecular flexibility index (Phi) is 4.15. The Morgan fingerprint density at radius 2 is 2.00 bits per heavy atom. The van der Waals surface area contributed by atoms with E-state index in [-0.39, 0.29) is 11.4 Å². The van der Waals surface area contributed by atoms with Crippen molar-refractivity contribution in [2.45, 2.75) is 31.1 Å². The molecule has 0 aromatic heterocycles. The second-order valence-electron chi connectivity index (χ2n) is 5.19. The maximum atomic E-state index is 12.5. The number of rotatable bonds is 4. The van der Waals surface area contributed by atoms with Crippen LogP contribution in [0.4, 0.5) is 0 Å². The molecule has 20 heavy (non-hydrogen) atoms. The predicted molar refractivity (Wildman–Crippen MR) is 74.8 cm³/mol. The number of piperidine rings is 1. The molecule has 110 valence electrons. The van der Waals surface area contributed by atoms with Gasteiger partial charge in [-0.25, -0.2) is 8.42 Å². The summed E-state index contributed by atoms with van der Waals surface area (Å²) in [5, 5.41) is 9.42. The number of benzene rings is 1. The van der Waals surface area contributed by atoms with Gasteiger partial charge in [-0.2, -0.15) is 4.31 Å². The lowest BCUT2D eigenvalue weighted by Gasteiger charge is -2.38. The fourth-order valence-corrected chi connectivity index (χ4v) is 4.24. The van der Waals surface area contributed by atoms with E-state index in [0.29, 0.717) is 25.8 Å². The Morgan fingerprint density at radius 3 is 2.55 bits per heavy atom. The molecule has 0 aliphatic carbocycles. The van der Waals surface area contributed by atoms with Crippen LogP contribution < -0.4 is 0 Å². The van der Waals surface area contributed by atoms with Gasteiger partial charge in [0.05, 0.1) is 10.3 Å². The number of sulfonamides is 1. The third kappa shape index (κ3) is 2.58. The third-order valence-corrected chi connectivity index (χ3v) is 5.91. The number of hydrogen-bond acceptors (Lipinski definition) is 3. The van der Waals surface area contributed by atoms with Crippen LogP contribution in [0.1, 0.15) is 26.2 Å². The molecule has 0 amide bonds. The monoisotopic (exact) mass is 297 g/mol. The van der Waals surface area contributed by atoms with E-state index in [1.807, 2.05) is 0 Å². The summed E-state index contributed by atoms with van der Waals surface area (Å²) in [6.07, 6.45) is 1.54. The van der Waals surface area contributed by atoms with Crippen molar-refractivity contribution >= 4 is 16.0 Å². The van der Waals surface area contributed by atoms with Gasteiger partial charge >= 0.3 is 5.97 Å². The van der Waals surface area contributed by atoms with Crippen LogP contribution in [-0.4, -0.2) is 36.9 Å². The Labute approximate surface area is 119 Å². The van der Waals surface area contributed by atoms with Crippen molar-refractivity contribution < 1.29 is 18.3 Å². The number of nitrogens with zero attached hydrogens (tertiary/aromatic N) is 1. The molecule has 1 aromatic carbocycles. The topological polar surface area (TPSA) is 74.7 Å². The molecule has 1 aliphatic heterocycles. The fourth-order valence-electron chi connectivity index (χ4n) is 2.65. The molecule has 0 saturated carbocycles. The van der Waals surface area contributed by atoms with Crippen molar-refractivity contribution in [2.75, 3.05) is 13.1 Å². The van der Waals surface area contributed by atoms with Crippen LogP contribution in [0.15, 0.2) is 35.2 Å². The Bertz CT molecular complexity index is 584. The van der Waals surface area contributed by atoms with Crippen LogP contribution in [0.5, 0.6) is 0 Å². The Balaban J connectivity index is 2.32. The summed E-state index contributed by atoms with van der Waals surface area (Å²) in [5.41, 5.74) is -0.958. The molecule has 1 heterocycles. The van der Waals surface area contributed by atoms with E-state index >= 15 is 0 Å². The van der Waals surface area contributed by atoms with Crippen molar-refractivity contribution in [3.8, 4) is 0 Å². The zero-order valence-electron chi connectivity index (χ0n) is 11.4. The van der Waals surface area contributed by atoms with Crippen molar-refractivity contribution in [1.82, 2.24) is 4.31 Å². The highest BCUT2D eigenvalue weighted by Crippen LogP contribution is 2.35. The van der Waals surface area contributed by atoms with Gasteiger partial charge in [-0.1, -0.05) is 25.1 Å². The summed E-state index contributed by atoms with van der Waals surface area (Å²) in [7, 11) is -3.61. The van der Waals surface area contributed by atoms with Crippen molar-refractivity contribution in [2.24, 2.45) is 5.41 Å². The fraction of sp³-hybridized carbons (Fsp3) is 0.500. The molecule has 2 rings (SSSR count). The second-order valence-corrected chi connectivity index (χ2v) is 7.13. The number of hydrogen-bond donors (Lipinski definition) is 1. The highest BCUT2D eigenvalue weighted by molar-refractivity contribution is 7.89. The molecule has 0 bridgehead atoms. The zero-order chi connectivity index (χ0) is 14.8. The van der Waals surface area contributed by atoms with Crippen LogP contribution >= 0.6 is 0 Å². The number of carboxylic acid groups (broad SMARTS) is 1. The lowest BCUT2D eigenvalue weighted by molar-refractivity contribution is -0.151. The summed E-state index contributed by atoms with van der Waals surface area (Å²) in [6.45, 7) is 2.23. The first kappa shape index (κ1) is 15.0. The summed E-state index contributed by atoms with van der Waals surface area (Å²) in [5.74, 6) is -0.909. The highest BCUT2D eigenvalue weighted by atomic mass is 32.2. The zero-order valence-corrected chi connectivity index (χ0v) is 12.3. The number of carbonyl (C=O) groups is 1. The van der Waals surface area contributed by atoms with Gasteiger partial charge in [-0.05, 0) is 31.4 Å². The van der Waals surface area contributed by atoms with Crippen LogP contribution in [-0.2, 0) is 14.8 Å². The number of aliphatic carboxylic acids is 1. The SMILES string of the molecule is CCC1(C(=O)O)CCCN(S(=O)(=O)c2ccccc2)C1. The molecule has 0 radical (unpaired) electrons. The smallest absolute Gasteiger partial charge is 0.310 e. The normalized spacial score (nSPS) is 24.4. The summed E-state index contributed by atoms with van der Waals surface area (Å²) >= 11 is 0.